The van der Waals surface area contributed by atoms with Gasteiger partial charge in [0.25, 0.3) is 0 Å². The monoisotopic (exact) mass is 567 g/mol. The van der Waals surface area contributed by atoms with Crippen molar-refractivity contribution in [2.24, 2.45) is 9.98 Å². The highest BCUT2D eigenvalue weighted by Gasteiger charge is 2.26. The van der Waals surface area contributed by atoms with Crippen LogP contribution in [0.2, 0.25) is 0 Å². The van der Waals surface area contributed by atoms with Crippen LogP contribution in [-0.2, 0) is 0 Å². The van der Waals surface area contributed by atoms with Crippen molar-refractivity contribution in [2.45, 2.75) is 6.17 Å². The average Bonchev–Trinajstić information content (AvgIpc) is 3.67. The molecule has 6 aromatic carbocycles. The van der Waals surface area contributed by atoms with Crippen molar-refractivity contribution in [3.05, 3.63) is 156 Å². The summed E-state index contributed by atoms with van der Waals surface area (Å²) < 4.78 is 12.8. The van der Waals surface area contributed by atoms with Crippen LogP contribution < -0.4 is 5.32 Å². The van der Waals surface area contributed by atoms with E-state index in [9.17, 15) is 0 Å². The Hall–Kier alpha value is -5.94. The van der Waals surface area contributed by atoms with E-state index in [0.717, 1.165) is 72.0 Å². The highest BCUT2D eigenvalue weighted by molar-refractivity contribution is 6.21. The van der Waals surface area contributed by atoms with E-state index in [0.29, 0.717) is 5.84 Å². The van der Waals surface area contributed by atoms with Gasteiger partial charge >= 0.3 is 0 Å². The number of hydrogen-bond donors (Lipinski definition) is 1. The van der Waals surface area contributed by atoms with Crippen LogP contribution in [0.3, 0.4) is 0 Å². The number of aliphatic imine (C=N–C) groups is 2. The minimum Gasteiger partial charge on any atom is -0.456 e. The number of hydrogen-bond acceptors (Lipinski definition) is 5. The molecule has 0 fully saturated rings. The highest BCUT2D eigenvalue weighted by Crippen LogP contribution is 2.37. The van der Waals surface area contributed by atoms with Gasteiger partial charge in [0, 0.05) is 32.7 Å². The zero-order chi connectivity index (χ0) is 29.0. The second-order valence-electron chi connectivity index (χ2n) is 11.0. The lowest BCUT2D eigenvalue weighted by Gasteiger charge is -2.22. The normalized spacial score (nSPS) is 15.0. The standard InChI is InChI=1S/C39H25N3O2/c1-2-10-24(11-3-1)25-20-22-26(23-21-25)37-40-38(31-16-8-14-29-27-12-4-6-18-33(27)43-35(29)31)42-39(41-37)32-17-9-15-30-28-13-5-7-19-34(28)44-36(30)32/h1-23,38H,(H,40,41,42). The van der Waals surface area contributed by atoms with Gasteiger partial charge in [-0.1, -0.05) is 121 Å². The molecule has 1 N–H and O–H groups in total. The van der Waals surface area contributed by atoms with Crippen molar-refractivity contribution in [2.75, 3.05) is 0 Å². The molecule has 5 heteroatoms. The van der Waals surface area contributed by atoms with Gasteiger partial charge in [-0.15, -0.1) is 0 Å². The Morgan fingerprint density at radius 2 is 0.977 bits per heavy atom. The lowest BCUT2D eigenvalue weighted by molar-refractivity contribution is 0.648. The first-order chi connectivity index (χ1) is 21.8. The Balaban J connectivity index is 1.22. The van der Waals surface area contributed by atoms with E-state index in [4.69, 9.17) is 18.8 Å². The summed E-state index contributed by atoms with van der Waals surface area (Å²) >= 11 is 0. The van der Waals surface area contributed by atoms with Gasteiger partial charge in [-0.05, 0) is 29.3 Å². The van der Waals surface area contributed by atoms with Crippen LogP contribution in [0, 0.1) is 0 Å². The van der Waals surface area contributed by atoms with Crippen LogP contribution in [-0.4, -0.2) is 11.7 Å². The molecule has 0 saturated heterocycles. The van der Waals surface area contributed by atoms with Gasteiger partial charge < -0.3 is 14.2 Å². The van der Waals surface area contributed by atoms with Gasteiger partial charge in [-0.3, -0.25) is 0 Å². The van der Waals surface area contributed by atoms with E-state index in [1.165, 1.54) is 5.56 Å². The van der Waals surface area contributed by atoms with Crippen LogP contribution in [0.5, 0.6) is 0 Å². The molecule has 0 aliphatic carbocycles. The second-order valence-corrected chi connectivity index (χ2v) is 11.0. The fourth-order valence-corrected chi connectivity index (χ4v) is 6.23. The molecular weight excluding hydrogens is 542 g/mol. The number of para-hydroxylation sites is 4. The number of furan rings is 2. The van der Waals surface area contributed by atoms with E-state index in [1.54, 1.807) is 0 Å². The summed E-state index contributed by atoms with van der Waals surface area (Å²) in [5, 5.41) is 7.83. The van der Waals surface area contributed by atoms with E-state index in [-0.39, 0.29) is 0 Å². The van der Waals surface area contributed by atoms with Crippen molar-refractivity contribution in [3.8, 4) is 11.1 Å². The molecule has 208 valence electrons. The van der Waals surface area contributed by atoms with Gasteiger partial charge in [0.1, 0.15) is 34.0 Å². The molecule has 1 aliphatic rings. The number of benzene rings is 6. The zero-order valence-corrected chi connectivity index (χ0v) is 23.6. The predicted molar refractivity (Wildman–Crippen MR) is 178 cm³/mol. The number of amidine groups is 2. The summed E-state index contributed by atoms with van der Waals surface area (Å²) in [5.74, 6) is 1.44. The van der Waals surface area contributed by atoms with Crippen molar-refractivity contribution in [3.63, 3.8) is 0 Å². The molecule has 0 bridgehead atoms. The van der Waals surface area contributed by atoms with E-state index >= 15 is 0 Å². The van der Waals surface area contributed by atoms with Crippen LogP contribution in [0.4, 0.5) is 0 Å². The number of nitrogens with one attached hydrogen (secondary N) is 1. The summed E-state index contributed by atoms with van der Waals surface area (Å²) in [6, 6.07) is 47.5. The SMILES string of the molecule is c1ccc(-c2ccc(C3=NC(c4cccc5c4oc4ccccc45)N=C(c4cccc5c4oc4ccccc45)N3)cc2)cc1. The van der Waals surface area contributed by atoms with Crippen molar-refractivity contribution in [1.29, 1.82) is 0 Å². The maximum Gasteiger partial charge on any atom is 0.173 e. The molecule has 0 spiro atoms. The summed E-state index contributed by atoms with van der Waals surface area (Å²) in [6.07, 6.45) is -0.529. The highest BCUT2D eigenvalue weighted by atomic mass is 16.3. The third-order valence-corrected chi connectivity index (χ3v) is 8.38. The molecule has 3 heterocycles. The van der Waals surface area contributed by atoms with Crippen LogP contribution in [0.1, 0.15) is 22.9 Å². The molecule has 0 radical (unpaired) electrons. The van der Waals surface area contributed by atoms with E-state index < -0.39 is 6.17 Å². The van der Waals surface area contributed by atoms with Crippen molar-refractivity contribution in [1.82, 2.24) is 5.32 Å². The Bertz CT molecular complexity index is 2410. The van der Waals surface area contributed by atoms with Gasteiger partial charge in [0.2, 0.25) is 0 Å². The van der Waals surface area contributed by atoms with Crippen LogP contribution in [0.15, 0.2) is 158 Å². The maximum atomic E-state index is 6.42. The number of rotatable bonds is 4. The molecule has 0 saturated carbocycles. The van der Waals surface area contributed by atoms with Crippen molar-refractivity contribution < 1.29 is 8.83 Å². The van der Waals surface area contributed by atoms with Crippen LogP contribution in [0.25, 0.3) is 55.0 Å². The third-order valence-electron chi connectivity index (χ3n) is 8.38. The van der Waals surface area contributed by atoms with Crippen molar-refractivity contribution >= 4 is 55.5 Å². The fourth-order valence-electron chi connectivity index (χ4n) is 6.23. The molecular formula is C39H25N3O2. The molecule has 1 unspecified atom stereocenters. The fraction of sp³-hybridized carbons (Fsp3) is 0.0256. The number of nitrogens with zero attached hydrogens (tertiary/aromatic N) is 2. The molecule has 8 aromatic rings. The smallest absolute Gasteiger partial charge is 0.173 e. The Morgan fingerprint density at radius 3 is 1.73 bits per heavy atom. The second kappa shape index (κ2) is 9.82. The largest absolute Gasteiger partial charge is 0.456 e. The molecule has 1 aliphatic heterocycles. The maximum absolute atomic E-state index is 6.42. The van der Waals surface area contributed by atoms with E-state index in [2.05, 4.69) is 102 Å². The van der Waals surface area contributed by atoms with Gasteiger partial charge in [-0.2, -0.15) is 0 Å². The Morgan fingerprint density at radius 1 is 0.432 bits per heavy atom. The first kappa shape index (κ1) is 24.6. The topological polar surface area (TPSA) is 63.0 Å². The molecule has 2 aromatic heterocycles. The molecule has 44 heavy (non-hydrogen) atoms. The summed E-state index contributed by atoms with van der Waals surface area (Å²) in [7, 11) is 0. The van der Waals surface area contributed by atoms with Gasteiger partial charge in [0.05, 0.1) is 5.56 Å². The first-order valence-electron chi connectivity index (χ1n) is 14.7. The number of fused-ring (bicyclic) bond motifs is 6. The molecule has 1 atom stereocenters. The molecule has 9 rings (SSSR count). The minimum atomic E-state index is -0.529. The lowest BCUT2D eigenvalue weighted by Crippen LogP contribution is -2.36. The molecule has 0 amide bonds. The Labute approximate surface area is 252 Å². The average molecular weight is 568 g/mol. The minimum absolute atomic E-state index is 0.529. The van der Waals surface area contributed by atoms with E-state index in [1.807, 2.05) is 42.5 Å². The Kier molecular flexibility index (Phi) is 5.50. The van der Waals surface area contributed by atoms with Crippen LogP contribution >= 0.6 is 0 Å². The summed E-state index contributed by atoms with van der Waals surface area (Å²) in [6.45, 7) is 0. The predicted octanol–water partition coefficient (Wildman–Crippen LogP) is 9.65. The van der Waals surface area contributed by atoms with Gasteiger partial charge in [0.15, 0.2) is 6.17 Å². The van der Waals surface area contributed by atoms with Gasteiger partial charge in [-0.25, -0.2) is 9.98 Å². The lowest BCUT2D eigenvalue weighted by atomic mass is 10.0. The zero-order valence-electron chi connectivity index (χ0n) is 23.6. The first-order valence-corrected chi connectivity index (χ1v) is 14.7. The summed E-state index contributed by atoms with van der Waals surface area (Å²) in [5.41, 5.74) is 8.37. The third kappa shape index (κ3) is 3.94. The quantitative estimate of drug-likeness (QED) is 0.230. The summed E-state index contributed by atoms with van der Waals surface area (Å²) in [4.78, 5) is 10.4. The molecule has 5 nitrogen and oxygen atoms in total.